The lowest BCUT2D eigenvalue weighted by molar-refractivity contribution is -0.192. The van der Waals surface area contributed by atoms with Gasteiger partial charge in [-0.1, -0.05) is 27.7 Å². The van der Waals surface area contributed by atoms with Gasteiger partial charge in [0, 0.05) is 17.9 Å². The van der Waals surface area contributed by atoms with Crippen LogP contribution in [0, 0.1) is 16.7 Å². The number of hydrogen-bond acceptors (Lipinski definition) is 5. The van der Waals surface area contributed by atoms with Gasteiger partial charge in [-0.2, -0.15) is 26.3 Å². The van der Waals surface area contributed by atoms with E-state index in [0.717, 1.165) is 6.92 Å². The molecule has 0 aromatic rings. The number of ether oxygens (including phenoxy) is 1. The summed E-state index contributed by atoms with van der Waals surface area (Å²) in [6, 6.07) is -1.11. The Hall–Kier alpha value is -2.14. The number of halogens is 6. The SMILES string of the molecule is CCC(C)(CC(C)(C)C(=O)N(C(=O)C(F)(F)F)C(C)C)C(=O)OCC(=O)CC(C)C(F)(F)F. The van der Waals surface area contributed by atoms with Crippen LogP contribution in [0.1, 0.15) is 67.7 Å². The molecule has 2 amide bonds. The van der Waals surface area contributed by atoms with Gasteiger partial charge in [-0.25, -0.2) is 0 Å². The second-order valence-corrected chi connectivity index (χ2v) is 9.31. The summed E-state index contributed by atoms with van der Waals surface area (Å²) in [5.74, 6) is -7.35. The van der Waals surface area contributed by atoms with Crippen LogP contribution < -0.4 is 0 Å². The number of hydrogen-bond donors (Lipinski definition) is 0. The smallest absolute Gasteiger partial charge is 0.457 e. The normalized spacial score (nSPS) is 15.6. The molecule has 0 rings (SSSR count). The van der Waals surface area contributed by atoms with Gasteiger partial charge in [0.2, 0.25) is 5.91 Å². The molecular formula is C21H31F6NO5. The van der Waals surface area contributed by atoms with Gasteiger partial charge in [0.15, 0.2) is 5.78 Å². The second kappa shape index (κ2) is 10.9. The zero-order valence-corrected chi connectivity index (χ0v) is 19.7. The quantitative estimate of drug-likeness (QED) is 0.323. The maximum Gasteiger partial charge on any atom is 0.471 e. The third-order valence-corrected chi connectivity index (χ3v) is 5.34. The minimum atomic E-state index is -5.28. The van der Waals surface area contributed by atoms with Crippen LogP contribution in [0.4, 0.5) is 26.3 Å². The van der Waals surface area contributed by atoms with E-state index >= 15 is 0 Å². The van der Waals surface area contributed by atoms with E-state index in [1.807, 2.05) is 0 Å². The van der Waals surface area contributed by atoms with E-state index in [0.29, 0.717) is 0 Å². The summed E-state index contributed by atoms with van der Waals surface area (Å²) in [5, 5.41) is 0. The van der Waals surface area contributed by atoms with Crippen LogP contribution in [0.25, 0.3) is 0 Å². The molecule has 0 aliphatic carbocycles. The van der Waals surface area contributed by atoms with Gasteiger partial charge in [0.1, 0.15) is 6.61 Å². The fourth-order valence-corrected chi connectivity index (χ4v) is 3.25. The molecule has 192 valence electrons. The van der Waals surface area contributed by atoms with E-state index in [2.05, 4.69) is 0 Å². The minimum Gasteiger partial charge on any atom is -0.457 e. The van der Waals surface area contributed by atoms with Gasteiger partial charge in [-0.15, -0.1) is 0 Å². The number of Topliss-reactive ketones (excluding diaryl/α,β-unsaturated/α-hetero) is 1. The molecule has 0 aromatic carbocycles. The van der Waals surface area contributed by atoms with E-state index in [1.165, 1.54) is 41.5 Å². The Morgan fingerprint density at radius 3 is 1.73 bits per heavy atom. The first-order valence-electron chi connectivity index (χ1n) is 10.3. The van der Waals surface area contributed by atoms with E-state index < -0.39 is 71.7 Å². The number of amides is 2. The maximum atomic E-state index is 13.0. The summed E-state index contributed by atoms with van der Waals surface area (Å²) in [6.45, 7) is 7.81. The Balaban J connectivity index is 5.50. The molecule has 2 atom stereocenters. The molecular weight excluding hydrogens is 460 g/mol. The Morgan fingerprint density at radius 2 is 1.36 bits per heavy atom. The summed E-state index contributed by atoms with van der Waals surface area (Å²) in [7, 11) is 0. The predicted octanol–water partition coefficient (Wildman–Crippen LogP) is 4.85. The molecule has 0 saturated heterocycles. The number of carbonyl (C=O) groups is 4. The molecule has 0 bridgehead atoms. The Labute approximate surface area is 189 Å². The van der Waals surface area contributed by atoms with Crippen LogP contribution in [0.3, 0.4) is 0 Å². The van der Waals surface area contributed by atoms with Crippen molar-refractivity contribution in [2.45, 2.75) is 86.1 Å². The van der Waals surface area contributed by atoms with Crippen LogP contribution in [-0.4, -0.2) is 53.5 Å². The third-order valence-electron chi connectivity index (χ3n) is 5.34. The zero-order chi connectivity index (χ0) is 26.6. The Kier molecular flexibility index (Phi) is 10.2. The number of rotatable bonds is 10. The molecule has 0 radical (unpaired) electrons. The molecule has 0 fully saturated rings. The molecule has 0 heterocycles. The molecule has 6 nitrogen and oxygen atoms in total. The summed E-state index contributed by atoms with van der Waals surface area (Å²) in [4.78, 5) is 49.1. The molecule has 33 heavy (non-hydrogen) atoms. The first-order chi connectivity index (χ1) is 14.6. The number of esters is 1. The minimum absolute atomic E-state index is 0.0462. The summed E-state index contributed by atoms with van der Waals surface area (Å²) in [6.07, 6.45) is -11.0. The zero-order valence-electron chi connectivity index (χ0n) is 19.7. The van der Waals surface area contributed by atoms with Gasteiger partial charge in [-0.3, -0.25) is 24.1 Å². The molecule has 0 aromatic heterocycles. The van der Waals surface area contributed by atoms with Crippen LogP contribution in [0.2, 0.25) is 0 Å². The van der Waals surface area contributed by atoms with E-state index in [-0.39, 0.29) is 17.7 Å². The average molecular weight is 491 g/mol. The fourth-order valence-electron chi connectivity index (χ4n) is 3.25. The lowest BCUT2D eigenvalue weighted by Gasteiger charge is -2.38. The molecule has 0 saturated carbocycles. The number of carbonyl (C=O) groups excluding carboxylic acids is 4. The summed E-state index contributed by atoms with van der Waals surface area (Å²) >= 11 is 0. The highest BCUT2D eigenvalue weighted by atomic mass is 19.4. The van der Waals surface area contributed by atoms with Gasteiger partial charge < -0.3 is 4.74 Å². The van der Waals surface area contributed by atoms with Crippen LogP contribution in [0.15, 0.2) is 0 Å². The van der Waals surface area contributed by atoms with Crippen molar-refractivity contribution in [3.8, 4) is 0 Å². The largest absolute Gasteiger partial charge is 0.471 e. The number of ketones is 1. The lowest BCUT2D eigenvalue weighted by atomic mass is 9.71. The second-order valence-electron chi connectivity index (χ2n) is 9.31. The van der Waals surface area contributed by atoms with Crippen LogP contribution >= 0.6 is 0 Å². The van der Waals surface area contributed by atoms with Crippen molar-refractivity contribution >= 4 is 23.6 Å². The monoisotopic (exact) mass is 491 g/mol. The summed E-state index contributed by atoms with van der Waals surface area (Å²) in [5.41, 5.74) is -3.08. The van der Waals surface area contributed by atoms with E-state index in [9.17, 15) is 45.5 Å². The molecule has 0 N–H and O–H groups in total. The van der Waals surface area contributed by atoms with E-state index in [4.69, 9.17) is 4.74 Å². The van der Waals surface area contributed by atoms with Crippen molar-refractivity contribution in [1.82, 2.24) is 4.90 Å². The standard InChI is InChI=1S/C21H31F6NO5/c1-8-19(7,17(32)33-10-14(29)9-13(4)20(22,23)24)11-18(5,6)15(30)28(12(2)3)16(31)21(25,26)27/h12-13H,8-11H2,1-7H3. The fraction of sp³-hybridized carbons (Fsp3) is 0.810. The topological polar surface area (TPSA) is 80.8 Å². The third kappa shape index (κ3) is 8.62. The van der Waals surface area contributed by atoms with Gasteiger partial charge >= 0.3 is 24.2 Å². The summed E-state index contributed by atoms with van der Waals surface area (Å²) < 4.78 is 81.5. The Morgan fingerprint density at radius 1 is 0.879 bits per heavy atom. The lowest BCUT2D eigenvalue weighted by Crippen LogP contribution is -2.54. The molecule has 12 heteroatoms. The number of imide groups is 1. The van der Waals surface area contributed by atoms with Gasteiger partial charge in [0.05, 0.1) is 11.3 Å². The van der Waals surface area contributed by atoms with Crippen LogP contribution in [-0.2, 0) is 23.9 Å². The number of alkyl halides is 6. The molecule has 2 unspecified atom stereocenters. The van der Waals surface area contributed by atoms with Crippen molar-refractivity contribution < 1.29 is 50.3 Å². The Bertz CT molecular complexity index is 744. The highest BCUT2D eigenvalue weighted by Crippen LogP contribution is 2.40. The van der Waals surface area contributed by atoms with Crippen molar-refractivity contribution in [2.75, 3.05) is 6.61 Å². The average Bonchev–Trinajstić information content (AvgIpc) is 2.63. The first-order valence-corrected chi connectivity index (χ1v) is 10.3. The number of nitrogens with zero attached hydrogens (tertiary/aromatic N) is 1. The van der Waals surface area contributed by atoms with Crippen molar-refractivity contribution in [3.05, 3.63) is 0 Å². The van der Waals surface area contributed by atoms with Gasteiger partial charge in [-0.05, 0) is 33.6 Å². The predicted molar refractivity (Wildman–Crippen MR) is 106 cm³/mol. The van der Waals surface area contributed by atoms with Gasteiger partial charge in [0.25, 0.3) is 0 Å². The highest BCUT2D eigenvalue weighted by Gasteiger charge is 2.50. The van der Waals surface area contributed by atoms with Crippen molar-refractivity contribution in [2.24, 2.45) is 16.7 Å². The molecule has 0 spiro atoms. The first kappa shape index (κ1) is 30.9. The maximum absolute atomic E-state index is 13.0. The van der Waals surface area contributed by atoms with E-state index in [1.54, 1.807) is 0 Å². The highest BCUT2D eigenvalue weighted by molar-refractivity contribution is 6.00. The van der Waals surface area contributed by atoms with Crippen LogP contribution in [0.5, 0.6) is 0 Å². The molecule has 0 aliphatic heterocycles. The van der Waals surface area contributed by atoms with Crippen molar-refractivity contribution in [1.29, 1.82) is 0 Å². The molecule has 0 aliphatic rings. The van der Waals surface area contributed by atoms with Crippen molar-refractivity contribution in [3.63, 3.8) is 0 Å².